The monoisotopic (exact) mass is 371 g/mol. The highest BCUT2D eigenvalue weighted by molar-refractivity contribution is 6.04. The van der Waals surface area contributed by atoms with Gasteiger partial charge in [0.2, 0.25) is 5.95 Å². The van der Waals surface area contributed by atoms with E-state index in [1.165, 1.54) is 6.20 Å². The van der Waals surface area contributed by atoms with Gasteiger partial charge in [-0.2, -0.15) is 5.26 Å². The molecule has 1 heterocycles. The summed E-state index contributed by atoms with van der Waals surface area (Å²) in [6.07, 6.45) is 1.51. The maximum Gasteiger partial charge on any atom is 0.274 e. The molecule has 1 aromatic heterocycles. The van der Waals surface area contributed by atoms with Gasteiger partial charge in [0.1, 0.15) is 11.8 Å². The number of hydrogen-bond acceptors (Lipinski definition) is 5. The average molecular weight is 371 g/mol. The Morgan fingerprint density at radius 1 is 1.11 bits per heavy atom. The van der Waals surface area contributed by atoms with Gasteiger partial charge in [-0.1, -0.05) is 44.2 Å². The number of nitrogens with one attached hydrogen (secondary N) is 2. The lowest BCUT2D eigenvalue weighted by Crippen LogP contribution is -2.17. The summed E-state index contributed by atoms with van der Waals surface area (Å²) in [4.78, 5) is 21.2. The Labute approximate surface area is 164 Å². The third-order valence-electron chi connectivity index (χ3n) is 4.35. The zero-order valence-corrected chi connectivity index (χ0v) is 16.0. The molecular weight excluding hydrogens is 350 g/mol. The van der Waals surface area contributed by atoms with Crippen LogP contribution in [0.2, 0.25) is 0 Å². The summed E-state index contributed by atoms with van der Waals surface area (Å²) in [5, 5.41) is 15.2. The van der Waals surface area contributed by atoms with Crippen LogP contribution in [0.3, 0.4) is 0 Å². The number of rotatable bonds is 5. The number of carbonyl (C=O) groups is 1. The first-order valence-corrected chi connectivity index (χ1v) is 8.99. The van der Waals surface area contributed by atoms with Crippen LogP contribution in [0.4, 0.5) is 17.3 Å². The third-order valence-corrected chi connectivity index (χ3v) is 4.35. The lowest BCUT2D eigenvalue weighted by molar-refractivity contribution is 0.102. The van der Waals surface area contributed by atoms with Crippen LogP contribution >= 0.6 is 0 Å². The van der Waals surface area contributed by atoms with E-state index in [2.05, 4.69) is 40.5 Å². The summed E-state index contributed by atoms with van der Waals surface area (Å²) in [6.45, 7) is 6.14. The summed E-state index contributed by atoms with van der Waals surface area (Å²) in [5.74, 6) is 0.222. The van der Waals surface area contributed by atoms with Crippen LogP contribution in [0.5, 0.6) is 0 Å². The van der Waals surface area contributed by atoms with Gasteiger partial charge in [0.25, 0.3) is 5.91 Å². The maximum absolute atomic E-state index is 12.8. The van der Waals surface area contributed by atoms with Gasteiger partial charge in [-0.25, -0.2) is 9.97 Å². The maximum atomic E-state index is 12.8. The van der Waals surface area contributed by atoms with E-state index >= 15 is 0 Å². The minimum atomic E-state index is -0.310. The Bertz CT molecular complexity index is 1050. The van der Waals surface area contributed by atoms with Crippen molar-refractivity contribution >= 4 is 23.2 Å². The highest BCUT2D eigenvalue weighted by Gasteiger charge is 2.15. The molecule has 0 bridgehead atoms. The van der Waals surface area contributed by atoms with Crippen molar-refractivity contribution in [3.05, 3.63) is 77.1 Å². The number of aromatic nitrogens is 2. The van der Waals surface area contributed by atoms with E-state index in [1.807, 2.05) is 31.2 Å². The molecule has 140 valence electrons. The van der Waals surface area contributed by atoms with Gasteiger partial charge >= 0.3 is 0 Å². The van der Waals surface area contributed by atoms with E-state index < -0.39 is 0 Å². The van der Waals surface area contributed by atoms with Crippen molar-refractivity contribution < 1.29 is 4.79 Å². The largest absolute Gasteiger partial charge is 0.323 e. The molecule has 6 heteroatoms. The minimum Gasteiger partial charge on any atom is -0.323 e. The summed E-state index contributed by atoms with van der Waals surface area (Å²) in [7, 11) is 0. The standard InChI is InChI=1S/C22H21N5O/c1-14(2)17-9-6-7-15(3)20(17)27-21(28)19-11-12-24-22(26-19)25-18-10-5-4-8-16(18)13-23/h4-12,14H,1-3H3,(H,27,28)(H,24,25,26). The van der Waals surface area contributed by atoms with Crippen molar-refractivity contribution in [1.82, 2.24) is 9.97 Å². The molecule has 1 amide bonds. The van der Waals surface area contributed by atoms with Gasteiger partial charge in [0, 0.05) is 11.9 Å². The summed E-state index contributed by atoms with van der Waals surface area (Å²) in [6, 6.07) is 16.7. The fraction of sp³-hybridized carbons (Fsp3) is 0.182. The number of nitrogens with zero attached hydrogens (tertiary/aromatic N) is 3. The fourth-order valence-electron chi connectivity index (χ4n) is 2.88. The predicted octanol–water partition coefficient (Wildman–Crippen LogP) is 4.78. The SMILES string of the molecule is Cc1cccc(C(C)C)c1NC(=O)c1ccnc(Nc2ccccc2C#N)n1. The van der Waals surface area contributed by atoms with E-state index in [0.29, 0.717) is 11.3 Å². The molecular formula is C22H21N5O. The van der Waals surface area contributed by atoms with Gasteiger partial charge in [-0.15, -0.1) is 0 Å². The van der Waals surface area contributed by atoms with Crippen LogP contribution in [0.15, 0.2) is 54.7 Å². The zero-order valence-electron chi connectivity index (χ0n) is 16.0. The molecule has 28 heavy (non-hydrogen) atoms. The number of amides is 1. The normalized spacial score (nSPS) is 10.4. The highest BCUT2D eigenvalue weighted by Crippen LogP contribution is 2.27. The fourth-order valence-corrected chi connectivity index (χ4v) is 2.88. The van der Waals surface area contributed by atoms with Gasteiger partial charge < -0.3 is 10.6 Å². The van der Waals surface area contributed by atoms with Crippen molar-refractivity contribution in [2.75, 3.05) is 10.6 Å². The van der Waals surface area contributed by atoms with E-state index in [4.69, 9.17) is 0 Å². The van der Waals surface area contributed by atoms with E-state index in [-0.39, 0.29) is 23.5 Å². The number of para-hydroxylation sites is 2. The molecule has 3 aromatic rings. The van der Waals surface area contributed by atoms with Crippen molar-refractivity contribution in [2.24, 2.45) is 0 Å². The van der Waals surface area contributed by atoms with Crippen LogP contribution in [0.1, 0.15) is 46.9 Å². The molecule has 0 aliphatic heterocycles. The van der Waals surface area contributed by atoms with Crippen LogP contribution in [-0.4, -0.2) is 15.9 Å². The lowest BCUT2D eigenvalue weighted by Gasteiger charge is -2.16. The van der Waals surface area contributed by atoms with Gasteiger partial charge in [0.05, 0.1) is 11.3 Å². The molecule has 0 saturated heterocycles. The van der Waals surface area contributed by atoms with Gasteiger partial charge in [-0.05, 0) is 42.2 Å². The van der Waals surface area contributed by atoms with Crippen molar-refractivity contribution in [3.8, 4) is 6.07 Å². The number of nitriles is 1. The number of hydrogen-bond donors (Lipinski definition) is 2. The number of aryl methyl sites for hydroxylation is 1. The zero-order chi connectivity index (χ0) is 20.1. The second-order valence-corrected chi connectivity index (χ2v) is 6.70. The second-order valence-electron chi connectivity index (χ2n) is 6.70. The Morgan fingerprint density at radius 3 is 2.64 bits per heavy atom. The predicted molar refractivity (Wildman–Crippen MR) is 110 cm³/mol. The van der Waals surface area contributed by atoms with Crippen molar-refractivity contribution in [1.29, 1.82) is 5.26 Å². The quantitative estimate of drug-likeness (QED) is 0.674. The Kier molecular flexibility index (Phi) is 5.66. The minimum absolute atomic E-state index is 0.241. The number of benzene rings is 2. The molecule has 0 unspecified atom stereocenters. The van der Waals surface area contributed by atoms with Crippen LogP contribution < -0.4 is 10.6 Å². The molecule has 0 aliphatic carbocycles. The Balaban J connectivity index is 1.85. The first-order valence-electron chi connectivity index (χ1n) is 8.99. The molecule has 0 saturated carbocycles. The van der Waals surface area contributed by atoms with E-state index in [1.54, 1.807) is 24.3 Å². The number of carbonyl (C=O) groups excluding carboxylic acids is 1. The molecule has 0 fully saturated rings. The lowest BCUT2D eigenvalue weighted by atomic mass is 9.98. The molecule has 2 aromatic carbocycles. The molecule has 3 rings (SSSR count). The Morgan fingerprint density at radius 2 is 1.89 bits per heavy atom. The van der Waals surface area contributed by atoms with Crippen LogP contribution in [0.25, 0.3) is 0 Å². The van der Waals surface area contributed by atoms with Crippen molar-refractivity contribution in [2.45, 2.75) is 26.7 Å². The average Bonchev–Trinajstić information content (AvgIpc) is 2.70. The van der Waals surface area contributed by atoms with Gasteiger partial charge in [-0.3, -0.25) is 4.79 Å². The summed E-state index contributed by atoms with van der Waals surface area (Å²) in [5.41, 5.74) is 4.18. The first-order chi connectivity index (χ1) is 13.5. The molecule has 0 spiro atoms. The number of anilines is 3. The van der Waals surface area contributed by atoms with Crippen LogP contribution in [-0.2, 0) is 0 Å². The van der Waals surface area contributed by atoms with Gasteiger partial charge in [0.15, 0.2) is 0 Å². The third kappa shape index (κ3) is 4.15. The highest BCUT2D eigenvalue weighted by atomic mass is 16.1. The molecule has 6 nitrogen and oxygen atoms in total. The summed E-state index contributed by atoms with van der Waals surface area (Å²) < 4.78 is 0. The topological polar surface area (TPSA) is 90.7 Å². The smallest absolute Gasteiger partial charge is 0.274 e. The van der Waals surface area contributed by atoms with E-state index in [0.717, 1.165) is 16.8 Å². The molecule has 2 N–H and O–H groups in total. The first kappa shape index (κ1) is 19.1. The Hall–Kier alpha value is -3.72. The van der Waals surface area contributed by atoms with E-state index in [9.17, 15) is 10.1 Å². The molecule has 0 atom stereocenters. The van der Waals surface area contributed by atoms with Crippen molar-refractivity contribution in [3.63, 3.8) is 0 Å². The molecule has 0 aliphatic rings. The summed E-state index contributed by atoms with van der Waals surface area (Å²) >= 11 is 0. The van der Waals surface area contributed by atoms with Crippen LogP contribution in [0, 0.1) is 18.3 Å². The molecule has 0 radical (unpaired) electrons. The second kappa shape index (κ2) is 8.31.